The van der Waals surface area contributed by atoms with Crippen LogP contribution in [0.4, 0.5) is 0 Å². The van der Waals surface area contributed by atoms with Crippen molar-refractivity contribution in [2.24, 2.45) is 10.7 Å². The molecule has 5 heteroatoms. The molecule has 100 valence electrons. The SMILES string of the molecule is C=Cc1n[nH]c(C(C)/C=C\N=CC)c1/C=C/C(N)=O. The molecule has 1 rings (SSSR count). The van der Waals surface area contributed by atoms with Gasteiger partial charge in [0.2, 0.25) is 5.91 Å². The fourth-order valence-corrected chi connectivity index (χ4v) is 1.58. The lowest BCUT2D eigenvalue weighted by Gasteiger charge is -2.04. The molecule has 0 bridgehead atoms. The summed E-state index contributed by atoms with van der Waals surface area (Å²) in [6.45, 7) is 7.55. The Bertz CT molecular complexity index is 538. The van der Waals surface area contributed by atoms with Crippen LogP contribution in [0.25, 0.3) is 12.2 Å². The van der Waals surface area contributed by atoms with Crippen LogP contribution in [0, 0.1) is 0 Å². The second kappa shape index (κ2) is 7.10. The van der Waals surface area contributed by atoms with Crippen LogP contribution in [0.3, 0.4) is 0 Å². The Morgan fingerprint density at radius 2 is 2.32 bits per heavy atom. The number of allylic oxidation sites excluding steroid dienone is 1. The van der Waals surface area contributed by atoms with Gasteiger partial charge in [-0.25, -0.2) is 0 Å². The number of hydrogen-bond acceptors (Lipinski definition) is 3. The third kappa shape index (κ3) is 4.06. The summed E-state index contributed by atoms with van der Waals surface area (Å²) in [5.41, 5.74) is 7.49. The van der Waals surface area contributed by atoms with Gasteiger partial charge < -0.3 is 5.73 Å². The summed E-state index contributed by atoms with van der Waals surface area (Å²) in [4.78, 5) is 14.8. The minimum Gasteiger partial charge on any atom is -0.366 e. The number of aliphatic imine (C=N–C) groups is 1. The summed E-state index contributed by atoms with van der Waals surface area (Å²) in [6.07, 6.45) is 9.94. The number of carbonyl (C=O) groups excluding carboxylic acids is 1. The molecule has 19 heavy (non-hydrogen) atoms. The molecule has 1 aromatic heterocycles. The Morgan fingerprint density at radius 1 is 1.58 bits per heavy atom. The van der Waals surface area contributed by atoms with Crippen molar-refractivity contribution in [2.75, 3.05) is 0 Å². The molecule has 0 saturated heterocycles. The first kappa shape index (κ1) is 14.6. The Labute approximate surface area is 112 Å². The fourth-order valence-electron chi connectivity index (χ4n) is 1.58. The molecule has 0 aromatic carbocycles. The van der Waals surface area contributed by atoms with E-state index in [-0.39, 0.29) is 5.92 Å². The molecule has 1 atom stereocenters. The lowest BCUT2D eigenvalue weighted by Crippen LogP contribution is -2.05. The lowest BCUT2D eigenvalue weighted by atomic mass is 10.0. The molecular formula is C14H18N4O. The van der Waals surface area contributed by atoms with E-state index in [2.05, 4.69) is 21.8 Å². The van der Waals surface area contributed by atoms with Gasteiger partial charge in [-0.3, -0.25) is 14.9 Å². The quantitative estimate of drug-likeness (QED) is 0.606. The molecule has 0 fully saturated rings. The summed E-state index contributed by atoms with van der Waals surface area (Å²) in [5, 5.41) is 7.09. The van der Waals surface area contributed by atoms with E-state index in [9.17, 15) is 4.79 Å². The number of amides is 1. The Balaban J connectivity index is 3.10. The van der Waals surface area contributed by atoms with Crippen molar-refractivity contribution in [2.45, 2.75) is 19.8 Å². The van der Waals surface area contributed by atoms with Crippen molar-refractivity contribution in [3.8, 4) is 0 Å². The van der Waals surface area contributed by atoms with E-state index in [4.69, 9.17) is 5.73 Å². The van der Waals surface area contributed by atoms with Gasteiger partial charge in [-0.1, -0.05) is 19.6 Å². The molecular weight excluding hydrogens is 240 g/mol. The minimum absolute atomic E-state index is 0.0810. The van der Waals surface area contributed by atoms with Crippen molar-refractivity contribution >= 4 is 24.3 Å². The number of nitrogens with two attached hydrogens (primary N) is 1. The topological polar surface area (TPSA) is 84.1 Å². The van der Waals surface area contributed by atoms with E-state index >= 15 is 0 Å². The fraction of sp³-hybridized carbons (Fsp3) is 0.214. The van der Waals surface area contributed by atoms with Gasteiger partial charge in [0.25, 0.3) is 0 Å². The van der Waals surface area contributed by atoms with Crippen LogP contribution in [0.15, 0.2) is 29.9 Å². The number of nitrogens with one attached hydrogen (secondary N) is 1. The van der Waals surface area contributed by atoms with Gasteiger partial charge in [-0.2, -0.15) is 5.10 Å². The van der Waals surface area contributed by atoms with Crippen LogP contribution >= 0.6 is 0 Å². The molecule has 0 radical (unpaired) electrons. The highest BCUT2D eigenvalue weighted by atomic mass is 16.1. The van der Waals surface area contributed by atoms with Gasteiger partial charge in [-0.15, -0.1) is 0 Å². The average Bonchev–Trinajstić information content (AvgIpc) is 2.79. The van der Waals surface area contributed by atoms with Crippen molar-refractivity contribution in [1.82, 2.24) is 10.2 Å². The molecule has 5 nitrogen and oxygen atoms in total. The third-order valence-corrected chi connectivity index (χ3v) is 2.54. The van der Waals surface area contributed by atoms with Crippen molar-refractivity contribution in [3.05, 3.63) is 41.9 Å². The van der Waals surface area contributed by atoms with Crippen LogP contribution in [0.2, 0.25) is 0 Å². The zero-order valence-electron chi connectivity index (χ0n) is 11.1. The Morgan fingerprint density at radius 3 is 2.89 bits per heavy atom. The second-order valence-corrected chi connectivity index (χ2v) is 3.91. The van der Waals surface area contributed by atoms with Gasteiger partial charge in [0.15, 0.2) is 0 Å². The van der Waals surface area contributed by atoms with E-state index in [0.717, 1.165) is 11.3 Å². The molecule has 0 aliphatic carbocycles. The highest BCUT2D eigenvalue weighted by Crippen LogP contribution is 2.23. The second-order valence-electron chi connectivity index (χ2n) is 3.91. The van der Waals surface area contributed by atoms with E-state index < -0.39 is 5.91 Å². The van der Waals surface area contributed by atoms with E-state index in [1.54, 1.807) is 24.6 Å². The maximum absolute atomic E-state index is 10.8. The zero-order chi connectivity index (χ0) is 14.3. The summed E-state index contributed by atoms with van der Waals surface area (Å²) >= 11 is 0. The van der Waals surface area contributed by atoms with Crippen molar-refractivity contribution in [3.63, 3.8) is 0 Å². The first-order chi connectivity index (χ1) is 9.10. The van der Waals surface area contributed by atoms with Gasteiger partial charge in [0.1, 0.15) is 0 Å². The van der Waals surface area contributed by atoms with Crippen LogP contribution < -0.4 is 5.73 Å². The minimum atomic E-state index is -0.499. The molecule has 0 aliphatic heterocycles. The molecule has 1 amide bonds. The average molecular weight is 258 g/mol. The number of rotatable bonds is 6. The van der Waals surface area contributed by atoms with Gasteiger partial charge in [-0.05, 0) is 19.1 Å². The van der Waals surface area contributed by atoms with Crippen molar-refractivity contribution in [1.29, 1.82) is 0 Å². The Kier molecular flexibility index (Phi) is 5.47. The first-order valence-corrected chi connectivity index (χ1v) is 5.92. The molecule has 0 spiro atoms. The van der Waals surface area contributed by atoms with Crippen LogP contribution in [-0.4, -0.2) is 22.3 Å². The maximum Gasteiger partial charge on any atom is 0.241 e. The summed E-state index contributed by atoms with van der Waals surface area (Å²) in [5.74, 6) is -0.418. The number of aromatic nitrogens is 2. The monoisotopic (exact) mass is 258 g/mol. The van der Waals surface area contributed by atoms with E-state index in [0.29, 0.717) is 5.69 Å². The number of carbonyl (C=O) groups is 1. The molecule has 0 saturated carbocycles. The van der Waals surface area contributed by atoms with Crippen LogP contribution in [0.1, 0.15) is 36.7 Å². The van der Waals surface area contributed by atoms with Gasteiger partial charge in [0, 0.05) is 35.7 Å². The highest BCUT2D eigenvalue weighted by Gasteiger charge is 2.12. The predicted molar refractivity (Wildman–Crippen MR) is 78.6 cm³/mol. The molecule has 1 unspecified atom stereocenters. The zero-order valence-corrected chi connectivity index (χ0v) is 11.1. The molecule has 1 heterocycles. The number of H-pyrrole nitrogens is 1. The molecule has 3 N–H and O–H groups in total. The summed E-state index contributed by atoms with van der Waals surface area (Å²) in [6, 6.07) is 0. The maximum atomic E-state index is 10.8. The highest BCUT2D eigenvalue weighted by molar-refractivity contribution is 5.91. The standard InChI is InChI=1S/C14H18N4O/c1-4-12-11(6-7-13(15)19)14(18-17-12)10(3)8-9-16-5-2/h4-10H,1H2,2-3H3,(H2,15,19)(H,17,18)/b7-6+,9-8-,16-5?. The van der Waals surface area contributed by atoms with Crippen molar-refractivity contribution < 1.29 is 4.79 Å². The smallest absolute Gasteiger partial charge is 0.241 e. The third-order valence-electron chi connectivity index (χ3n) is 2.54. The normalized spacial score (nSPS) is 13.6. The number of primary amides is 1. The number of aromatic amines is 1. The Hall–Kier alpha value is -2.43. The van der Waals surface area contributed by atoms with Gasteiger partial charge in [0.05, 0.1) is 5.69 Å². The van der Waals surface area contributed by atoms with E-state index in [1.807, 2.05) is 19.9 Å². The number of hydrogen-bond donors (Lipinski definition) is 2. The molecule has 1 aromatic rings. The van der Waals surface area contributed by atoms with Gasteiger partial charge >= 0.3 is 0 Å². The van der Waals surface area contributed by atoms with Crippen LogP contribution in [-0.2, 0) is 4.79 Å². The predicted octanol–water partition coefficient (Wildman–Crippen LogP) is 2.26. The van der Waals surface area contributed by atoms with E-state index in [1.165, 1.54) is 6.08 Å². The summed E-state index contributed by atoms with van der Waals surface area (Å²) in [7, 11) is 0. The summed E-state index contributed by atoms with van der Waals surface area (Å²) < 4.78 is 0. The number of nitrogens with zero attached hydrogens (tertiary/aromatic N) is 2. The first-order valence-electron chi connectivity index (χ1n) is 5.92. The lowest BCUT2D eigenvalue weighted by molar-refractivity contribution is -0.113. The van der Waals surface area contributed by atoms with Crippen LogP contribution in [0.5, 0.6) is 0 Å². The largest absolute Gasteiger partial charge is 0.366 e. The molecule has 0 aliphatic rings.